The first kappa shape index (κ1) is 11.7. The highest BCUT2D eigenvalue weighted by Gasteiger charge is 2.37. The number of carbonyl (C=O) groups is 1. The van der Waals surface area contributed by atoms with E-state index in [4.69, 9.17) is 11.6 Å². The first-order chi connectivity index (χ1) is 6.90. The SMILES string of the molecule is COc1nc(Cl)c(C(F)(F)F)nc1C=O. The first-order valence-corrected chi connectivity index (χ1v) is 3.92. The number of methoxy groups -OCH3 is 1. The number of nitrogens with zero attached hydrogens (tertiary/aromatic N) is 2. The van der Waals surface area contributed by atoms with Crippen molar-refractivity contribution in [2.45, 2.75) is 6.18 Å². The molecule has 0 unspecified atom stereocenters. The van der Waals surface area contributed by atoms with Crippen LogP contribution in [0, 0.1) is 0 Å². The molecule has 82 valence electrons. The van der Waals surface area contributed by atoms with Crippen LogP contribution in [0.4, 0.5) is 13.2 Å². The molecule has 0 aliphatic carbocycles. The van der Waals surface area contributed by atoms with Crippen molar-refractivity contribution in [1.82, 2.24) is 9.97 Å². The second-order valence-corrected chi connectivity index (χ2v) is 2.73. The highest BCUT2D eigenvalue weighted by Crippen LogP contribution is 2.33. The van der Waals surface area contributed by atoms with Gasteiger partial charge in [-0.3, -0.25) is 4.79 Å². The van der Waals surface area contributed by atoms with Crippen LogP contribution in [0.3, 0.4) is 0 Å². The summed E-state index contributed by atoms with van der Waals surface area (Å²) < 4.78 is 41.3. The Balaban J connectivity index is 3.39. The molecule has 0 aromatic carbocycles. The van der Waals surface area contributed by atoms with E-state index in [2.05, 4.69) is 14.7 Å². The Morgan fingerprint density at radius 1 is 1.40 bits per heavy atom. The van der Waals surface area contributed by atoms with E-state index in [1.54, 1.807) is 0 Å². The molecular formula is C7H4ClF3N2O2. The topological polar surface area (TPSA) is 52.1 Å². The Kier molecular flexibility index (Phi) is 3.13. The summed E-state index contributed by atoms with van der Waals surface area (Å²) in [4.78, 5) is 16.7. The minimum atomic E-state index is -4.76. The van der Waals surface area contributed by atoms with Crippen LogP contribution in [0.5, 0.6) is 5.88 Å². The third kappa shape index (κ3) is 2.35. The van der Waals surface area contributed by atoms with Crippen LogP contribution in [0.1, 0.15) is 16.2 Å². The molecule has 0 amide bonds. The molecule has 1 heterocycles. The van der Waals surface area contributed by atoms with Gasteiger partial charge >= 0.3 is 6.18 Å². The second-order valence-electron chi connectivity index (χ2n) is 2.37. The summed E-state index contributed by atoms with van der Waals surface area (Å²) in [7, 11) is 1.14. The molecule has 1 aromatic rings. The summed E-state index contributed by atoms with van der Waals surface area (Å²) in [5.74, 6) is -0.344. The van der Waals surface area contributed by atoms with Crippen molar-refractivity contribution in [2.75, 3.05) is 7.11 Å². The van der Waals surface area contributed by atoms with Crippen molar-refractivity contribution in [1.29, 1.82) is 0 Å². The second kappa shape index (κ2) is 4.01. The van der Waals surface area contributed by atoms with E-state index in [9.17, 15) is 18.0 Å². The van der Waals surface area contributed by atoms with E-state index in [0.717, 1.165) is 7.11 Å². The Morgan fingerprint density at radius 2 is 2.00 bits per heavy atom. The molecule has 4 nitrogen and oxygen atoms in total. The van der Waals surface area contributed by atoms with Gasteiger partial charge in [-0.15, -0.1) is 0 Å². The Bertz CT molecular complexity index is 395. The molecular weight excluding hydrogens is 237 g/mol. The van der Waals surface area contributed by atoms with Crippen molar-refractivity contribution >= 4 is 17.9 Å². The van der Waals surface area contributed by atoms with E-state index in [1.165, 1.54) is 0 Å². The van der Waals surface area contributed by atoms with Gasteiger partial charge in [-0.2, -0.15) is 18.2 Å². The van der Waals surface area contributed by atoms with Crippen LogP contribution in [0.15, 0.2) is 0 Å². The predicted molar refractivity (Wildman–Crippen MR) is 44.0 cm³/mol. The number of rotatable bonds is 2. The molecule has 1 aromatic heterocycles. The highest BCUT2D eigenvalue weighted by atomic mass is 35.5. The van der Waals surface area contributed by atoms with E-state index in [-0.39, 0.29) is 12.2 Å². The number of hydrogen-bond donors (Lipinski definition) is 0. The lowest BCUT2D eigenvalue weighted by molar-refractivity contribution is -0.141. The number of aromatic nitrogens is 2. The van der Waals surface area contributed by atoms with E-state index in [1.807, 2.05) is 0 Å². The monoisotopic (exact) mass is 240 g/mol. The van der Waals surface area contributed by atoms with Crippen LogP contribution in [-0.4, -0.2) is 23.4 Å². The van der Waals surface area contributed by atoms with Gasteiger partial charge < -0.3 is 4.74 Å². The largest absolute Gasteiger partial charge is 0.479 e. The number of halogens is 4. The summed E-state index contributed by atoms with van der Waals surface area (Å²) in [6, 6.07) is 0. The average molecular weight is 241 g/mol. The number of ether oxygens (including phenoxy) is 1. The molecule has 0 aliphatic heterocycles. The van der Waals surface area contributed by atoms with Crippen molar-refractivity contribution in [3.8, 4) is 5.88 Å². The quantitative estimate of drug-likeness (QED) is 0.742. The van der Waals surface area contributed by atoms with Crippen LogP contribution < -0.4 is 4.74 Å². The fourth-order valence-corrected chi connectivity index (χ4v) is 1.05. The third-order valence-electron chi connectivity index (χ3n) is 1.42. The summed E-state index contributed by atoms with van der Waals surface area (Å²) in [6.07, 6.45) is -4.65. The molecule has 0 radical (unpaired) electrons. The van der Waals surface area contributed by atoms with Crippen LogP contribution in [-0.2, 0) is 6.18 Å². The maximum absolute atomic E-state index is 12.3. The molecule has 0 spiro atoms. The van der Waals surface area contributed by atoms with Gasteiger partial charge in [0.25, 0.3) is 0 Å². The fraction of sp³-hybridized carbons (Fsp3) is 0.286. The first-order valence-electron chi connectivity index (χ1n) is 3.54. The zero-order chi connectivity index (χ0) is 11.6. The normalized spacial score (nSPS) is 11.3. The fourth-order valence-electron chi connectivity index (χ4n) is 0.821. The number of aldehydes is 1. The van der Waals surface area contributed by atoms with Gasteiger partial charge in [-0.1, -0.05) is 11.6 Å². The lowest BCUT2D eigenvalue weighted by atomic mass is 10.4. The maximum Gasteiger partial charge on any atom is 0.436 e. The van der Waals surface area contributed by atoms with Gasteiger partial charge in [-0.05, 0) is 0 Å². The van der Waals surface area contributed by atoms with Gasteiger partial charge in [0, 0.05) is 0 Å². The molecule has 0 aliphatic rings. The van der Waals surface area contributed by atoms with Crippen molar-refractivity contribution in [2.24, 2.45) is 0 Å². The van der Waals surface area contributed by atoms with Crippen LogP contribution in [0.25, 0.3) is 0 Å². The Labute approximate surface area is 87.0 Å². The van der Waals surface area contributed by atoms with Gasteiger partial charge in [0.15, 0.2) is 22.8 Å². The zero-order valence-corrected chi connectivity index (χ0v) is 8.06. The molecule has 0 fully saturated rings. The average Bonchev–Trinajstić information content (AvgIpc) is 2.15. The summed E-state index contributed by atoms with van der Waals surface area (Å²) in [5.41, 5.74) is -1.96. The zero-order valence-electron chi connectivity index (χ0n) is 7.30. The lowest BCUT2D eigenvalue weighted by Gasteiger charge is -2.09. The summed E-state index contributed by atoms with van der Waals surface area (Å²) in [6.45, 7) is 0. The standard InChI is InChI=1S/C7H4ClF3N2O2/c1-15-6-3(2-14)12-4(5(8)13-6)7(9,10)11/h2H,1H3. The molecule has 0 saturated carbocycles. The van der Waals surface area contributed by atoms with Gasteiger partial charge in [0.1, 0.15) is 0 Å². The highest BCUT2D eigenvalue weighted by molar-refractivity contribution is 6.30. The number of alkyl halides is 3. The smallest absolute Gasteiger partial charge is 0.436 e. The van der Waals surface area contributed by atoms with Crippen molar-refractivity contribution in [3.05, 3.63) is 16.5 Å². The molecule has 1 rings (SSSR count). The van der Waals surface area contributed by atoms with Crippen LogP contribution in [0.2, 0.25) is 5.15 Å². The molecule has 15 heavy (non-hydrogen) atoms. The molecule has 0 saturated heterocycles. The van der Waals surface area contributed by atoms with E-state index < -0.39 is 22.7 Å². The summed E-state index contributed by atoms with van der Waals surface area (Å²) in [5, 5.41) is -0.857. The predicted octanol–water partition coefficient (Wildman–Crippen LogP) is 1.97. The van der Waals surface area contributed by atoms with Crippen LogP contribution >= 0.6 is 11.6 Å². The molecule has 0 atom stereocenters. The summed E-state index contributed by atoms with van der Waals surface area (Å²) >= 11 is 5.23. The van der Waals surface area contributed by atoms with Crippen molar-refractivity contribution < 1.29 is 22.7 Å². The number of carbonyl (C=O) groups excluding carboxylic acids is 1. The van der Waals surface area contributed by atoms with E-state index in [0.29, 0.717) is 0 Å². The Morgan fingerprint density at radius 3 is 2.40 bits per heavy atom. The molecule has 8 heteroatoms. The Hall–Kier alpha value is -1.37. The van der Waals surface area contributed by atoms with Gasteiger partial charge in [0.2, 0.25) is 5.88 Å². The minimum Gasteiger partial charge on any atom is -0.479 e. The minimum absolute atomic E-state index is 0.109. The molecule has 0 N–H and O–H groups in total. The lowest BCUT2D eigenvalue weighted by Crippen LogP contribution is -2.13. The van der Waals surface area contributed by atoms with E-state index >= 15 is 0 Å². The van der Waals surface area contributed by atoms with Crippen molar-refractivity contribution in [3.63, 3.8) is 0 Å². The van der Waals surface area contributed by atoms with Gasteiger partial charge in [0.05, 0.1) is 7.11 Å². The number of hydrogen-bond acceptors (Lipinski definition) is 4. The maximum atomic E-state index is 12.3. The van der Waals surface area contributed by atoms with Gasteiger partial charge in [-0.25, -0.2) is 4.98 Å². The third-order valence-corrected chi connectivity index (χ3v) is 1.68. The molecule has 0 bridgehead atoms.